The van der Waals surface area contributed by atoms with Gasteiger partial charge in [0.25, 0.3) is 0 Å². The van der Waals surface area contributed by atoms with Gasteiger partial charge in [-0.1, -0.05) is 35.9 Å². The molecule has 0 aliphatic carbocycles. The molecule has 2 aromatic heterocycles. The van der Waals surface area contributed by atoms with Gasteiger partial charge in [-0.15, -0.1) is 5.10 Å². The number of benzene rings is 3. The van der Waals surface area contributed by atoms with E-state index >= 15 is 0 Å². The second-order valence-electron chi connectivity index (χ2n) is 7.34. The predicted octanol–water partition coefficient (Wildman–Crippen LogP) is 3.50. The van der Waals surface area contributed by atoms with Crippen molar-refractivity contribution in [2.75, 3.05) is 0 Å². The van der Waals surface area contributed by atoms with Gasteiger partial charge in [-0.3, -0.25) is 9.97 Å². The summed E-state index contributed by atoms with van der Waals surface area (Å²) in [5.41, 5.74) is 4.75. The minimum Gasteiger partial charge on any atom is -0.253 e. The second-order valence-corrected chi connectivity index (χ2v) is 8.90. The van der Waals surface area contributed by atoms with E-state index in [1.807, 2.05) is 49.4 Å². The van der Waals surface area contributed by atoms with Crippen LogP contribution in [-0.2, 0) is 10.0 Å². The summed E-state index contributed by atoms with van der Waals surface area (Å²) >= 11 is 0. The average Bonchev–Trinajstić information content (AvgIpc) is 3.24. The second kappa shape index (κ2) is 7.63. The van der Waals surface area contributed by atoms with E-state index in [0.717, 1.165) is 27.7 Å². The molecule has 0 saturated carbocycles. The molecule has 2 N–H and O–H groups in total. The molecule has 0 fully saturated rings. The Morgan fingerprint density at radius 1 is 0.844 bits per heavy atom. The van der Waals surface area contributed by atoms with Crippen LogP contribution in [0.4, 0.5) is 0 Å². The van der Waals surface area contributed by atoms with Crippen molar-refractivity contribution in [1.82, 2.24) is 24.7 Å². The maximum Gasteiger partial charge on any atom is 0.238 e. The Hall–Kier alpha value is -3.95. The zero-order valence-corrected chi connectivity index (χ0v) is 17.9. The lowest BCUT2D eigenvalue weighted by molar-refractivity contribution is 0.597. The van der Waals surface area contributed by atoms with Gasteiger partial charge in [-0.05, 0) is 43.3 Å². The van der Waals surface area contributed by atoms with Crippen molar-refractivity contribution in [2.24, 2.45) is 5.14 Å². The first-order chi connectivity index (χ1) is 15.4. The van der Waals surface area contributed by atoms with Crippen molar-refractivity contribution in [3.63, 3.8) is 0 Å². The van der Waals surface area contributed by atoms with Crippen LogP contribution in [0.3, 0.4) is 0 Å². The number of aryl methyl sites for hydroxylation is 1. The van der Waals surface area contributed by atoms with Crippen molar-refractivity contribution in [2.45, 2.75) is 11.8 Å². The van der Waals surface area contributed by atoms with Gasteiger partial charge in [0.05, 0.1) is 21.6 Å². The SMILES string of the molecule is Cc1ccc(-c2nc(-c3ccc4nccnc4c3)n(-c3cccc(S(N)(=O)=O)c3)n2)cc1. The monoisotopic (exact) mass is 442 g/mol. The van der Waals surface area contributed by atoms with Crippen LogP contribution in [0, 0.1) is 6.92 Å². The molecular weight excluding hydrogens is 424 g/mol. The van der Waals surface area contributed by atoms with Crippen LogP contribution in [-0.4, -0.2) is 33.2 Å². The smallest absolute Gasteiger partial charge is 0.238 e. The summed E-state index contributed by atoms with van der Waals surface area (Å²) in [5, 5.41) is 10.0. The highest BCUT2D eigenvalue weighted by Gasteiger charge is 2.17. The zero-order valence-electron chi connectivity index (χ0n) is 17.0. The topological polar surface area (TPSA) is 117 Å². The molecule has 0 bridgehead atoms. The lowest BCUT2D eigenvalue weighted by atomic mass is 10.1. The van der Waals surface area contributed by atoms with E-state index in [4.69, 9.17) is 15.2 Å². The Bertz CT molecular complexity index is 1560. The van der Waals surface area contributed by atoms with Crippen molar-refractivity contribution >= 4 is 21.1 Å². The zero-order chi connectivity index (χ0) is 22.3. The molecule has 8 nitrogen and oxygen atoms in total. The number of nitrogens with zero attached hydrogens (tertiary/aromatic N) is 5. The molecule has 5 aromatic rings. The molecule has 5 rings (SSSR count). The van der Waals surface area contributed by atoms with Crippen LogP contribution < -0.4 is 5.14 Å². The first kappa shape index (κ1) is 20.0. The Morgan fingerprint density at radius 2 is 1.56 bits per heavy atom. The van der Waals surface area contributed by atoms with Gasteiger partial charge in [-0.25, -0.2) is 23.2 Å². The molecule has 0 spiro atoms. The molecular formula is C23H18N6O2S. The molecule has 0 aliphatic heterocycles. The summed E-state index contributed by atoms with van der Waals surface area (Å²) < 4.78 is 25.4. The van der Waals surface area contributed by atoms with Gasteiger partial charge in [0.15, 0.2) is 11.6 Å². The van der Waals surface area contributed by atoms with E-state index < -0.39 is 10.0 Å². The number of fused-ring (bicyclic) bond motifs is 1. The van der Waals surface area contributed by atoms with E-state index in [2.05, 4.69) is 9.97 Å². The third kappa shape index (κ3) is 3.75. The van der Waals surface area contributed by atoms with E-state index in [1.165, 1.54) is 12.1 Å². The molecule has 2 heterocycles. The summed E-state index contributed by atoms with van der Waals surface area (Å²) in [6.45, 7) is 2.01. The van der Waals surface area contributed by atoms with Gasteiger partial charge < -0.3 is 0 Å². The fourth-order valence-electron chi connectivity index (χ4n) is 3.40. The summed E-state index contributed by atoms with van der Waals surface area (Å²) in [4.78, 5) is 13.5. The minimum atomic E-state index is -3.87. The summed E-state index contributed by atoms with van der Waals surface area (Å²) in [5.74, 6) is 1.06. The van der Waals surface area contributed by atoms with Gasteiger partial charge >= 0.3 is 0 Å². The maximum atomic E-state index is 11.9. The molecule has 9 heteroatoms. The highest BCUT2D eigenvalue weighted by Crippen LogP contribution is 2.28. The summed E-state index contributed by atoms with van der Waals surface area (Å²) in [6, 6.07) is 19.8. The van der Waals surface area contributed by atoms with Crippen LogP contribution in [0.25, 0.3) is 39.5 Å². The lowest BCUT2D eigenvalue weighted by Gasteiger charge is -2.08. The van der Waals surface area contributed by atoms with Crippen LogP contribution >= 0.6 is 0 Å². The third-order valence-electron chi connectivity index (χ3n) is 5.04. The largest absolute Gasteiger partial charge is 0.253 e. The Morgan fingerprint density at radius 3 is 2.31 bits per heavy atom. The molecule has 3 aromatic carbocycles. The minimum absolute atomic E-state index is 0.00212. The van der Waals surface area contributed by atoms with Crippen LogP contribution in [0.1, 0.15) is 5.56 Å². The molecule has 0 aliphatic rings. The highest BCUT2D eigenvalue weighted by molar-refractivity contribution is 7.89. The fraction of sp³-hybridized carbons (Fsp3) is 0.0435. The number of sulfonamides is 1. The maximum absolute atomic E-state index is 11.9. The van der Waals surface area contributed by atoms with E-state index in [1.54, 1.807) is 29.2 Å². The molecule has 0 radical (unpaired) electrons. The van der Waals surface area contributed by atoms with Crippen molar-refractivity contribution in [3.8, 4) is 28.5 Å². The van der Waals surface area contributed by atoms with Crippen LogP contribution in [0.15, 0.2) is 84.0 Å². The molecule has 0 unspecified atom stereocenters. The van der Waals surface area contributed by atoms with Crippen molar-refractivity contribution in [1.29, 1.82) is 0 Å². The average molecular weight is 443 g/mol. The standard InChI is InChI=1S/C23H18N6O2S/c1-15-5-7-16(8-6-15)22-27-23(17-9-10-20-21(13-17)26-12-11-25-20)29(28-22)18-3-2-4-19(14-18)32(24,30)31/h2-14H,1H3,(H2,24,30,31). The number of nitrogens with two attached hydrogens (primary N) is 1. The van der Waals surface area contributed by atoms with Gasteiger partial charge in [0.1, 0.15) is 0 Å². The summed E-state index contributed by atoms with van der Waals surface area (Å²) in [6.07, 6.45) is 3.27. The predicted molar refractivity (Wildman–Crippen MR) is 121 cm³/mol. The Labute approximate surface area is 184 Å². The molecule has 0 atom stereocenters. The number of aromatic nitrogens is 5. The van der Waals surface area contributed by atoms with Crippen LogP contribution in [0.2, 0.25) is 0 Å². The lowest BCUT2D eigenvalue weighted by Crippen LogP contribution is -2.12. The Kier molecular flexibility index (Phi) is 4.76. The number of hydrogen-bond donors (Lipinski definition) is 1. The number of primary sulfonamides is 1. The molecule has 158 valence electrons. The van der Waals surface area contributed by atoms with E-state index in [0.29, 0.717) is 17.3 Å². The van der Waals surface area contributed by atoms with Crippen molar-refractivity contribution in [3.05, 3.63) is 84.7 Å². The fourth-order valence-corrected chi connectivity index (χ4v) is 3.95. The van der Waals surface area contributed by atoms with E-state index in [9.17, 15) is 8.42 Å². The molecule has 32 heavy (non-hydrogen) atoms. The van der Waals surface area contributed by atoms with Crippen molar-refractivity contribution < 1.29 is 8.42 Å². The van der Waals surface area contributed by atoms with Gasteiger partial charge in [-0.2, -0.15) is 0 Å². The highest BCUT2D eigenvalue weighted by atomic mass is 32.2. The van der Waals surface area contributed by atoms with Crippen LogP contribution in [0.5, 0.6) is 0 Å². The number of hydrogen-bond acceptors (Lipinski definition) is 6. The third-order valence-corrected chi connectivity index (χ3v) is 5.95. The molecule has 0 amide bonds. The Balaban J connectivity index is 1.73. The normalized spacial score (nSPS) is 11.7. The van der Waals surface area contributed by atoms with E-state index in [-0.39, 0.29) is 4.90 Å². The number of rotatable bonds is 4. The van der Waals surface area contributed by atoms with Gasteiger partial charge in [0, 0.05) is 23.5 Å². The van der Waals surface area contributed by atoms with Gasteiger partial charge in [0.2, 0.25) is 10.0 Å². The summed E-state index contributed by atoms with van der Waals surface area (Å²) in [7, 11) is -3.87. The first-order valence-electron chi connectivity index (χ1n) is 9.77. The quantitative estimate of drug-likeness (QED) is 0.455. The molecule has 0 saturated heterocycles. The first-order valence-corrected chi connectivity index (χ1v) is 11.3.